The van der Waals surface area contributed by atoms with Crippen molar-refractivity contribution >= 4 is 30.0 Å². The zero-order valence-electron chi connectivity index (χ0n) is 19.2. The van der Waals surface area contributed by atoms with Crippen LogP contribution < -0.4 is 16.3 Å². The predicted molar refractivity (Wildman–Crippen MR) is 122 cm³/mol. The molecule has 2 aliphatic heterocycles. The van der Waals surface area contributed by atoms with Crippen molar-refractivity contribution in [1.82, 2.24) is 14.9 Å². The quantitative estimate of drug-likeness (QED) is 0.696. The van der Waals surface area contributed by atoms with E-state index in [0.29, 0.717) is 48.9 Å². The summed E-state index contributed by atoms with van der Waals surface area (Å²) in [6.45, 7) is 12.0. The van der Waals surface area contributed by atoms with Gasteiger partial charge in [-0.05, 0) is 52.3 Å². The SMILES string of the molecule is Cc1c(B2OC(C)(C)C(C)(C)O2)c[nH]c(=O)c1Nc1ccc(C(=O)N2CCOCC2)cn1. The fourth-order valence-corrected chi connectivity index (χ4v) is 3.68. The molecule has 2 aromatic heterocycles. The van der Waals surface area contributed by atoms with Gasteiger partial charge in [-0.3, -0.25) is 9.59 Å². The van der Waals surface area contributed by atoms with E-state index in [1.54, 1.807) is 23.2 Å². The summed E-state index contributed by atoms with van der Waals surface area (Å²) in [5.74, 6) is 0.382. The third kappa shape index (κ3) is 4.17. The molecular weight excluding hydrogens is 411 g/mol. The number of aromatic amines is 1. The van der Waals surface area contributed by atoms with Gasteiger partial charge in [-0.15, -0.1) is 0 Å². The molecule has 0 radical (unpaired) electrons. The van der Waals surface area contributed by atoms with Gasteiger partial charge in [-0.1, -0.05) is 0 Å². The topological polar surface area (TPSA) is 106 Å². The van der Waals surface area contributed by atoms with Crippen molar-refractivity contribution in [2.75, 3.05) is 31.6 Å². The monoisotopic (exact) mass is 440 g/mol. The molecule has 0 unspecified atom stereocenters. The Balaban J connectivity index is 1.54. The number of carbonyl (C=O) groups is 1. The summed E-state index contributed by atoms with van der Waals surface area (Å²) in [4.78, 5) is 34.0. The lowest BCUT2D eigenvalue weighted by molar-refractivity contribution is 0.00578. The molecule has 2 aliphatic rings. The predicted octanol–water partition coefficient (Wildman–Crippen LogP) is 1.59. The number of aromatic nitrogens is 2. The number of nitrogens with one attached hydrogen (secondary N) is 2. The molecule has 4 heterocycles. The van der Waals surface area contributed by atoms with Crippen LogP contribution in [0.2, 0.25) is 0 Å². The number of nitrogens with zero attached hydrogens (tertiary/aromatic N) is 2. The second-order valence-electron chi connectivity index (χ2n) is 9.12. The standard InChI is InChI=1S/C22H29BN4O5/c1-14-16(23-31-21(2,3)22(4,5)32-23)13-25-19(28)18(14)26-17-7-6-15(12-24-17)20(29)27-8-10-30-11-9-27/h6-7,12-13H,8-11H2,1-5H3,(H,24,26)(H,25,28). The Bertz CT molecular complexity index is 1040. The second-order valence-corrected chi connectivity index (χ2v) is 9.12. The Kier molecular flexibility index (Phi) is 5.87. The van der Waals surface area contributed by atoms with Gasteiger partial charge in [-0.2, -0.15) is 0 Å². The molecular formula is C22H29BN4O5. The van der Waals surface area contributed by atoms with E-state index < -0.39 is 18.3 Å². The largest absolute Gasteiger partial charge is 0.496 e. The molecule has 0 bridgehead atoms. The molecule has 170 valence electrons. The third-order valence-corrected chi connectivity index (χ3v) is 6.46. The maximum absolute atomic E-state index is 12.6. The summed E-state index contributed by atoms with van der Waals surface area (Å²) >= 11 is 0. The van der Waals surface area contributed by atoms with Crippen molar-refractivity contribution in [3.63, 3.8) is 0 Å². The van der Waals surface area contributed by atoms with Crippen molar-refractivity contribution in [3.8, 4) is 0 Å². The summed E-state index contributed by atoms with van der Waals surface area (Å²) in [6, 6.07) is 3.39. The smallest absolute Gasteiger partial charge is 0.399 e. The highest BCUT2D eigenvalue weighted by molar-refractivity contribution is 6.62. The third-order valence-electron chi connectivity index (χ3n) is 6.46. The van der Waals surface area contributed by atoms with Crippen molar-refractivity contribution in [2.45, 2.75) is 45.8 Å². The maximum Gasteiger partial charge on any atom is 0.496 e. The number of pyridine rings is 2. The Hall–Kier alpha value is -2.69. The van der Waals surface area contributed by atoms with Crippen molar-refractivity contribution in [3.05, 3.63) is 46.0 Å². The Morgan fingerprint density at radius 1 is 1.16 bits per heavy atom. The maximum atomic E-state index is 12.6. The van der Waals surface area contributed by atoms with E-state index in [-0.39, 0.29) is 11.5 Å². The van der Waals surface area contributed by atoms with Crippen molar-refractivity contribution < 1.29 is 18.8 Å². The first-order valence-electron chi connectivity index (χ1n) is 10.8. The minimum Gasteiger partial charge on any atom is -0.399 e. The van der Waals surface area contributed by atoms with Gasteiger partial charge < -0.3 is 29.2 Å². The van der Waals surface area contributed by atoms with Gasteiger partial charge in [0.15, 0.2) is 0 Å². The summed E-state index contributed by atoms with van der Waals surface area (Å²) in [5, 5.41) is 3.08. The fourth-order valence-electron chi connectivity index (χ4n) is 3.68. The number of amides is 1. The molecule has 0 saturated carbocycles. The number of hydrogen-bond donors (Lipinski definition) is 2. The fraction of sp³-hybridized carbons (Fsp3) is 0.500. The summed E-state index contributed by atoms with van der Waals surface area (Å²) in [6.07, 6.45) is 3.14. The van der Waals surface area contributed by atoms with Crippen LogP contribution in [0.25, 0.3) is 0 Å². The van der Waals surface area contributed by atoms with Gasteiger partial charge in [-0.25, -0.2) is 4.98 Å². The summed E-state index contributed by atoms with van der Waals surface area (Å²) < 4.78 is 17.6. The number of H-pyrrole nitrogens is 1. The molecule has 0 atom stereocenters. The highest BCUT2D eigenvalue weighted by Gasteiger charge is 2.52. The van der Waals surface area contributed by atoms with E-state index in [9.17, 15) is 9.59 Å². The molecule has 1 amide bonds. The molecule has 4 rings (SSSR count). The van der Waals surface area contributed by atoms with E-state index in [0.717, 1.165) is 5.46 Å². The average molecular weight is 440 g/mol. The normalized spacial score (nSPS) is 19.8. The van der Waals surface area contributed by atoms with Crippen LogP contribution in [0, 0.1) is 6.92 Å². The number of hydrogen-bond acceptors (Lipinski definition) is 7. The molecule has 9 nitrogen and oxygen atoms in total. The zero-order valence-corrected chi connectivity index (χ0v) is 19.2. The molecule has 2 fully saturated rings. The number of morpholine rings is 1. The Labute approximate surface area is 187 Å². The van der Waals surface area contributed by atoms with Gasteiger partial charge in [0.1, 0.15) is 11.5 Å². The second kappa shape index (κ2) is 8.34. The molecule has 10 heteroatoms. The van der Waals surface area contributed by atoms with E-state index >= 15 is 0 Å². The molecule has 0 aliphatic carbocycles. The van der Waals surface area contributed by atoms with Crippen LogP contribution in [0.15, 0.2) is 29.3 Å². The molecule has 2 aromatic rings. The number of ether oxygens (including phenoxy) is 1. The number of carbonyl (C=O) groups excluding carboxylic acids is 1. The first kappa shape index (κ1) is 22.5. The minimum absolute atomic E-state index is 0.0795. The summed E-state index contributed by atoms with van der Waals surface area (Å²) in [5.41, 5.74) is 1.05. The van der Waals surface area contributed by atoms with E-state index in [4.69, 9.17) is 14.0 Å². The lowest BCUT2D eigenvalue weighted by atomic mass is 9.77. The van der Waals surface area contributed by atoms with Gasteiger partial charge >= 0.3 is 7.12 Å². The molecule has 0 aromatic carbocycles. The van der Waals surface area contributed by atoms with Gasteiger partial charge in [0, 0.05) is 30.9 Å². The van der Waals surface area contributed by atoms with Crippen LogP contribution in [0.4, 0.5) is 11.5 Å². The number of rotatable bonds is 4. The van der Waals surface area contributed by atoms with Crippen molar-refractivity contribution in [2.24, 2.45) is 0 Å². The molecule has 32 heavy (non-hydrogen) atoms. The first-order valence-corrected chi connectivity index (χ1v) is 10.8. The van der Waals surface area contributed by atoms with Gasteiger partial charge in [0.25, 0.3) is 11.5 Å². The minimum atomic E-state index is -0.598. The summed E-state index contributed by atoms with van der Waals surface area (Å²) in [7, 11) is -0.598. The van der Waals surface area contributed by atoms with E-state index in [2.05, 4.69) is 15.3 Å². The Morgan fingerprint density at radius 2 is 1.81 bits per heavy atom. The first-order chi connectivity index (χ1) is 15.1. The van der Waals surface area contributed by atoms with Crippen LogP contribution >= 0.6 is 0 Å². The van der Waals surface area contributed by atoms with Crippen LogP contribution in [-0.2, 0) is 14.0 Å². The highest BCUT2D eigenvalue weighted by Crippen LogP contribution is 2.36. The van der Waals surface area contributed by atoms with Gasteiger partial charge in [0.05, 0.1) is 30.0 Å². The van der Waals surface area contributed by atoms with Crippen LogP contribution in [0.5, 0.6) is 0 Å². The van der Waals surface area contributed by atoms with Crippen LogP contribution in [0.1, 0.15) is 43.6 Å². The highest BCUT2D eigenvalue weighted by atomic mass is 16.7. The van der Waals surface area contributed by atoms with Gasteiger partial charge in [0.2, 0.25) is 0 Å². The van der Waals surface area contributed by atoms with Crippen LogP contribution in [-0.4, -0.2) is 65.4 Å². The lowest BCUT2D eigenvalue weighted by Crippen LogP contribution is -2.41. The van der Waals surface area contributed by atoms with E-state index in [1.165, 1.54) is 6.20 Å². The van der Waals surface area contributed by atoms with Crippen molar-refractivity contribution in [1.29, 1.82) is 0 Å². The Morgan fingerprint density at radius 3 is 2.41 bits per heavy atom. The average Bonchev–Trinajstić information content (AvgIpc) is 2.98. The number of anilines is 2. The zero-order chi connectivity index (χ0) is 23.1. The molecule has 2 N–H and O–H groups in total. The van der Waals surface area contributed by atoms with E-state index in [1.807, 2.05) is 34.6 Å². The lowest BCUT2D eigenvalue weighted by Gasteiger charge is -2.32. The van der Waals surface area contributed by atoms with Crippen LogP contribution in [0.3, 0.4) is 0 Å². The molecule has 0 spiro atoms. The molecule has 2 saturated heterocycles.